The fourth-order valence-corrected chi connectivity index (χ4v) is 6.13. The molecule has 0 amide bonds. The molecule has 144 valence electrons. The Morgan fingerprint density at radius 3 is 2.59 bits per heavy atom. The van der Waals surface area contributed by atoms with E-state index < -0.39 is 15.8 Å². The zero-order valence-electron chi connectivity index (χ0n) is 15.0. The number of halogens is 1. The molecule has 0 aromatic heterocycles. The fourth-order valence-electron chi connectivity index (χ4n) is 4.24. The largest absolute Gasteiger partial charge is 0.497 e. The van der Waals surface area contributed by atoms with E-state index in [1.165, 1.54) is 24.3 Å². The first-order valence-electron chi connectivity index (χ1n) is 9.05. The highest BCUT2D eigenvalue weighted by atomic mass is 32.2. The zero-order valence-corrected chi connectivity index (χ0v) is 15.9. The molecule has 5 nitrogen and oxygen atoms in total. The second-order valence-corrected chi connectivity index (χ2v) is 8.92. The van der Waals surface area contributed by atoms with Crippen molar-refractivity contribution >= 4 is 10.0 Å². The number of nitrogens with zero attached hydrogens (tertiary/aromatic N) is 1. The molecule has 1 heterocycles. The van der Waals surface area contributed by atoms with Crippen LogP contribution in [0.1, 0.15) is 19.3 Å². The number of rotatable bonds is 6. The third-order valence-electron chi connectivity index (χ3n) is 5.53. The molecular weight excluding hydrogens is 369 g/mol. The van der Waals surface area contributed by atoms with E-state index in [2.05, 4.69) is 0 Å². The van der Waals surface area contributed by atoms with Gasteiger partial charge in [0.15, 0.2) is 0 Å². The van der Waals surface area contributed by atoms with Gasteiger partial charge in [-0.15, -0.1) is 0 Å². The van der Waals surface area contributed by atoms with E-state index in [-0.39, 0.29) is 29.5 Å². The van der Waals surface area contributed by atoms with Gasteiger partial charge in [0.1, 0.15) is 23.9 Å². The SMILES string of the molecule is COc1cccc(OC[C@H]2C3CCC(C3)N2S(=O)(=O)c2ccc(F)cc2)c1. The lowest BCUT2D eigenvalue weighted by Crippen LogP contribution is -2.47. The molecule has 2 aliphatic rings. The first kappa shape index (κ1) is 18.3. The highest BCUT2D eigenvalue weighted by Gasteiger charge is 2.51. The zero-order chi connectivity index (χ0) is 19.0. The highest BCUT2D eigenvalue weighted by Crippen LogP contribution is 2.45. The van der Waals surface area contributed by atoms with E-state index in [1.807, 2.05) is 18.2 Å². The number of fused-ring (bicyclic) bond motifs is 2. The molecule has 0 radical (unpaired) electrons. The predicted octanol–water partition coefficient (Wildman–Crippen LogP) is 3.45. The normalized spacial score (nSPS) is 24.9. The van der Waals surface area contributed by atoms with Gasteiger partial charge in [-0.3, -0.25) is 0 Å². The third kappa shape index (κ3) is 3.41. The van der Waals surface area contributed by atoms with Crippen LogP contribution < -0.4 is 9.47 Å². The summed E-state index contributed by atoms with van der Waals surface area (Å²) in [6.07, 6.45) is 2.72. The maximum atomic E-state index is 13.2. The van der Waals surface area contributed by atoms with Crippen LogP contribution in [0.2, 0.25) is 0 Å². The molecule has 0 spiro atoms. The molecule has 1 saturated heterocycles. The minimum atomic E-state index is -3.69. The van der Waals surface area contributed by atoms with Crippen molar-refractivity contribution in [2.45, 2.75) is 36.2 Å². The molecule has 4 rings (SSSR count). The molecule has 2 aromatic carbocycles. The quantitative estimate of drug-likeness (QED) is 0.757. The minimum absolute atomic E-state index is 0.0102. The van der Waals surface area contributed by atoms with Gasteiger partial charge in [-0.2, -0.15) is 4.31 Å². The minimum Gasteiger partial charge on any atom is -0.497 e. The fraction of sp³-hybridized carbons (Fsp3) is 0.400. The molecule has 2 bridgehead atoms. The van der Waals surface area contributed by atoms with Crippen LogP contribution in [0.4, 0.5) is 4.39 Å². The van der Waals surface area contributed by atoms with E-state index in [0.29, 0.717) is 11.5 Å². The predicted molar refractivity (Wildman–Crippen MR) is 98.8 cm³/mol. The molecule has 0 N–H and O–H groups in total. The number of benzene rings is 2. The lowest BCUT2D eigenvalue weighted by molar-refractivity contribution is 0.162. The average Bonchev–Trinajstić information content (AvgIpc) is 3.28. The Kier molecular flexibility index (Phi) is 4.82. The van der Waals surface area contributed by atoms with Crippen molar-refractivity contribution in [3.05, 3.63) is 54.3 Å². The molecule has 3 atom stereocenters. The van der Waals surface area contributed by atoms with Crippen molar-refractivity contribution in [2.24, 2.45) is 5.92 Å². The second-order valence-electron chi connectivity index (χ2n) is 7.07. The van der Waals surface area contributed by atoms with Crippen LogP contribution in [-0.4, -0.2) is 38.5 Å². The molecule has 1 saturated carbocycles. The van der Waals surface area contributed by atoms with Crippen molar-refractivity contribution in [1.82, 2.24) is 4.31 Å². The average molecular weight is 391 g/mol. The van der Waals surface area contributed by atoms with Gasteiger partial charge in [0.25, 0.3) is 0 Å². The summed E-state index contributed by atoms with van der Waals surface area (Å²) in [6.45, 7) is 0.286. The monoisotopic (exact) mass is 391 g/mol. The Labute approximate surface area is 158 Å². The van der Waals surface area contributed by atoms with Crippen LogP contribution >= 0.6 is 0 Å². The van der Waals surface area contributed by atoms with Crippen molar-refractivity contribution in [2.75, 3.05) is 13.7 Å². The van der Waals surface area contributed by atoms with Crippen LogP contribution in [0.5, 0.6) is 11.5 Å². The van der Waals surface area contributed by atoms with Gasteiger partial charge in [-0.25, -0.2) is 12.8 Å². The van der Waals surface area contributed by atoms with Crippen LogP contribution in [0.25, 0.3) is 0 Å². The van der Waals surface area contributed by atoms with Crippen molar-refractivity contribution in [1.29, 1.82) is 0 Å². The number of hydrogen-bond acceptors (Lipinski definition) is 4. The molecule has 2 aromatic rings. The smallest absolute Gasteiger partial charge is 0.243 e. The maximum absolute atomic E-state index is 13.2. The van der Waals surface area contributed by atoms with E-state index in [9.17, 15) is 12.8 Å². The summed E-state index contributed by atoms with van der Waals surface area (Å²) in [4.78, 5) is 0.128. The van der Waals surface area contributed by atoms with Crippen LogP contribution in [-0.2, 0) is 10.0 Å². The lowest BCUT2D eigenvalue weighted by Gasteiger charge is -2.34. The second kappa shape index (κ2) is 7.13. The number of hydrogen-bond donors (Lipinski definition) is 0. The van der Waals surface area contributed by atoms with Gasteiger partial charge in [0.05, 0.1) is 18.0 Å². The maximum Gasteiger partial charge on any atom is 0.243 e. The Bertz CT molecular complexity index is 916. The first-order valence-corrected chi connectivity index (χ1v) is 10.5. The van der Waals surface area contributed by atoms with Gasteiger partial charge < -0.3 is 9.47 Å². The van der Waals surface area contributed by atoms with Crippen LogP contribution in [0, 0.1) is 11.7 Å². The Morgan fingerprint density at radius 1 is 1.11 bits per heavy atom. The molecule has 7 heteroatoms. The topological polar surface area (TPSA) is 55.8 Å². The summed E-state index contributed by atoms with van der Waals surface area (Å²) in [5, 5.41) is 0. The van der Waals surface area contributed by atoms with Gasteiger partial charge >= 0.3 is 0 Å². The van der Waals surface area contributed by atoms with E-state index >= 15 is 0 Å². The number of piperidine rings is 1. The summed E-state index contributed by atoms with van der Waals surface area (Å²) in [7, 11) is -2.10. The van der Waals surface area contributed by atoms with Gasteiger partial charge in [-0.1, -0.05) is 6.07 Å². The first-order chi connectivity index (χ1) is 13.0. The van der Waals surface area contributed by atoms with Gasteiger partial charge in [0, 0.05) is 12.1 Å². The van der Waals surface area contributed by atoms with Gasteiger partial charge in [0.2, 0.25) is 10.0 Å². The number of methoxy groups -OCH3 is 1. The van der Waals surface area contributed by atoms with Crippen molar-refractivity contribution in [3.8, 4) is 11.5 Å². The van der Waals surface area contributed by atoms with Crippen molar-refractivity contribution in [3.63, 3.8) is 0 Å². The Hall–Kier alpha value is -2.12. The summed E-state index contributed by atoms with van der Waals surface area (Å²) < 4.78 is 52.3. The molecule has 2 unspecified atom stereocenters. The molecule has 1 aliphatic heterocycles. The van der Waals surface area contributed by atoms with Crippen LogP contribution in [0.15, 0.2) is 53.4 Å². The standard InChI is InChI=1S/C20H22FNO4S/c1-25-17-3-2-4-18(12-17)26-13-20-14-5-8-16(11-14)22(20)27(23,24)19-9-6-15(21)7-10-19/h2-4,6-7,9-10,12,14,16,20H,5,8,11,13H2,1H3/t14?,16?,20-/m0/s1. The summed E-state index contributed by atoms with van der Waals surface area (Å²) in [5.41, 5.74) is 0. The molecule has 27 heavy (non-hydrogen) atoms. The van der Waals surface area contributed by atoms with E-state index in [1.54, 1.807) is 17.5 Å². The van der Waals surface area contributed by atoms with E-state index in [4.69, 9.17) is 9.47 Å². The molecule has 1 aliphatic carbocycles. The lowest BCUT2D eigenvalue weighted by atomic mass is 10.0. The van der Waals surface area contributed by atoms with Crippen LogP contribution in [0.3, 0.4) is 0 Å². The highest BCUT2D eigenvalue weighted by molar-refractivity contribution is 7.89. The van der Waals surface area contributed by atoms with Crippen molar-refractivity contribution < 1.29 is 22.3 Å². The third-order valence-corrected chi connectivity index (χ3v) is 7.52. The number of sulfonamides is 1. The van der Waals surface area contributed by atoms with Gasteiger partial charge in [-0.05, 0) is 61.6 Å². The Morgan fingerprint density at radius 2 is 1.85 bits per heavy atom. The summed E-state index contributed by atoms with van der Waals surface area (Å²) >= 11 is 0. The molecule has 2 fully saturated rings. The summed E-state index contributed by atoms with van der Waals surface area (Å²) in [5.74, 6) is 1.18. The van der Waals surface area contributed by atoms with E-state index in [0.717, 1.165) is 19.3 Å². The molecular formula is C20H22FNO4S. The number of ether oxygens (including phenoxy) is 2. The summed E-state index contributed by atoms with van der Waals surface area (Å²) in [6, 6.07) is 12.1. The Balaban J connectivity index is 1.56.